The summed E-state index contributed by atoms with van der Waals surface area (Å²) in [6.07, 6.45) is 7.11. The van der Waals surface area contributed by atoms with Crippen molar-refractivity contribution in [1.29, 1.82) is 0 Å². The topological polar surface area (TPSA) is 435 Å². The number of rotatable bonds is 14. The standard InChI is InChI=1S/C11H16N2O4.C10H15N4O4P.C10H15N3O3.C8H12N5O4P/c1-3-8-7(14)4-9(17-8)13-5-6(2)10(15)12-11(13)16;1-7(18-6-19(15,16)17)4-14-5-13-9-8(11)2-3-12-10(9)14;1-2-7-6(14)5-9(16-7)13-4-3-8(11)12-10(13)15;9-7-6-8(11-3-10-7)13(4-12-6)1-2-17-5-18(14,15)16/h5,7-9,14H,3-4H2,1-2H3,(H,12,15,16);2-3,5,7H,4,6H2,1H3,(H2,11,12)(H2,15,16,17);3-4,6-7,9,14H,2,5H2,1H3,(H2,11,12,15);3-4H,1-2,5H2,(H2,9,10,11)(H2,14,15,16)/t7-,8-,9-;7-;6-,7-,9-;/m010./s1. The molecule has 70 heavy (non-hydrogen) atoms. The Morgan fingerprint density at radius 1 is 0.829 bits per heavy atom. The van der Waals surface area contributed by atoms with Crippen molar-refractivity contribution in [3.63, 3.8) is 0 Å². The van der Waals surface area contributed by atoms with Crippen molar-refractivity contribution in [2.75, 3.05) is 36.5 Å². The molecule has 0 saturated carbocycles. The maximum absolute atomic E-state index is 11.6. The second kappa shape index (κ2) is 24.3. The number of fused-ring (bicyclic) bond motifs is 2. The molecule has 2 aliphatic heterocycles. The molecule has 384 valence electrons. The predicted octanol–water partition coefficient (Wildman–Crippen LogP) is -0.0986. The molecule has 0 radical (unpaired) electrons. The SMILES string of the molecule is CC[C@@H]1O[C@H](n2cc(C)c(=O)[nH]c2=O)C[C@@H]1O.CC[C@@H]1O[C@H](n2ccc(N)nc2=O)C[C@@H]1O.C[C@H](Cn1cnc2c(N)ccnc21)OCP(=O)(O)O.Nc1ncnc2c1ncn2CCOCP(=O)(O)O. The lowest BCUT2D eigenvalue weighted by atomic mass is 10.1. The second-order valence-corrected chi connectivity index (χ2v) is 19.2. The molecule has 2 aliphatic rings. The minimum Gasteiger partial charge on any atom is -0.397 e. The molecular formula is C39H58N14O15P2. The zero-order valence-electron chi connectivity index (χ0n) is 38.5. The van der Waals surface area contributed by atoms with E-state index in [2.05, 4.69) is 34.9 Å². The van der Waals surface area contributed by atoms with Gasteiger partial charge in [-0.3, -0.25) is 28.0 Å². The Morgan fingerprint density at radius 2 is 1.43 bits per heavy atom. The number of aromatic nitrogens is 11. The number of anilines is 3. The van der Waals surface area contributed by atoms with Gasteiger partial charge in [0, 0.05) is 43.5 Å². The number of imidazole rings is 2. The largest absolute Gasteiger partial charge is 0.397 e. The summed E-state index contributed by atoms with van der Waals surface area (Å²) in [6.45, 7) is 8.07. The van der Waals surface area contributed by atoms with E-state index in [4.69, 9.17) is 55.7 Å². The minimum absolute atomic E-state index is 0.139. The highest BCUT2D eigenvalue weighted by Gasteiger charge is 2.35. The van der Waals surface area contributed by atoms with E-state index in [9.17, 15) is 33.7 Å². The molecule has 0 bridgehead atoms. The first kappa shape index (κ1) is 55.1. The fourth-order valence-electron chi connectivity index (χ4n) is 7.03. The molecule has 2 saturated heterocycles. The van der Waals surface area contributed by atoms with Crippen LogP contribution in [0.1, 0.15) is 64.5 Å². The molecule has 8 heterocycles. The van der Waals surface area contributed by atoms with E-state index in [1.165, 1.54) is 34.1 Å². The van der Waals surface area contributed by atoms with Crippen LogP contribution in [0.25, 0.3) is 22.3 Å². The first-order valence-electron chi connectivity index (χ1n) is 21.6. The molecule has 0 amide bonds. The van der Waals surface area contributed by atoms with Crippen molar-refractivity contribution < 1.29 is 57.9 Å². The van der Waals surface area contributed by atoms with Crippen molar-refractivity contribution in [3.05, 3.63) is 86.6 Å². The van der Waals surface area contributed by atoms with Crippen molar-refractivity contribution in [2.24, 2.45) is 0 Å². The third-order valence-corrected chi connectivity index (χ3v) is 11.5. The molecule has 0 spiro atoms. The number of ether oxygens (including phenoxy) is 4. The van der Waals surface area contributed by atoms with Gasteiger partial charge in [-0.15, -0.1) is 0 Å². The number of nitrogens with two attached hydrogens (primary N) is 3. The lowest BCUT2D eigenvalue weighted by Gasteiger charge is -2.14. The number of aliphatic hydroxyl groups is 2. The maximum atomic E-state index is 11.6. The molecule has 31 heteroatoms. The summed E-state index contributed by atoms with van der Waals surface area (Å²) in [7, 11) is -8.27. The van der Waals surface area contributed by atoms with E-state index in [1.807, 2.05) is 13.8 Å². The Balaban J connectivity index is 0.000000174. The van der Waals surface area contributed by atoms with Gasteiger partial charge in [0.15, 0.2) is 17.1 Å². The molecule has 8 rings (SSSR count). The summed E-state index contributed by atoms with van der Waals surface area (Å²) >= 11 is 0. The van der Waals surface area contributed by atoms with E-state index in [0.717, 1.165) is 6.42 Å². The number of aliphatic hydroxyl groups excluding tert-OH is 2. The molecule has 6 aromatic rings. The summed E-state index contributed by atoms with van der Waals surface area (Å²) in [6, 6.07) is 3.20. The maximum Gasteiger partial charge on any atom is 0.351 e. The van der Waals surface area contributed by atoms with Crippen LogP contribution in [0, 0.1) is 6.92 Å². The molecule has 2 fully saturated rings. The van der Waals surface area contributed by atoms with Crippen LogP contribution < -0.4 is 34.1 Å². The Kier molecular flexibility index (Phi) is 19.2. The highest BCUT2D eigenvalue weighted by Crippen LogP contribution is 2.35. The summed E-state index contributed by atoms with van der Waals surface area (Å²) in [5.74, 6) is 0.474. The third-order valence-electron chi connectivity index (χ3n) is 10.5. The van der Waals surface area contributed by atoms with Gasteiger partial charge in [0.25, 0.3) is 5.56 Å². The van der Waals surface area contributed by atoms with Gasteiger partial charge >= 0.3 is 26.6 Å². The van der Waals surface area contributed by atoms with Crippen molar-refractivity contribution in [3.8, 4) is 0 Å². The monoisotopic (exact) mass is 1020 g/mol. The lowest BCUT2D eigenvalue weighted by molar-refractivity contribution is -0.0218. The molecule has 7 atom stereocenters. The molecule has 0 unspecified atom stereocenters. The average molecular weight is 1020 g/mol. The summed E-state index contributed by atoms with van der Waals surface area (Å²) in [4.78, 5) is 95.1. The normalized spacial score (nSPS) is 20.5. The highest BCUT2D eigenvalue weighted by molar-refractivity contribution is 7.51. The predicted molar refractivity (Wildman–Crippen MR) is 251 cm³/mol. The van der Waals surface area contributed by atoms with E-state index < -0.39 is 69.5 Å². The number of nitrogens with one attached hydrogen (secondary N) is 1. The molecule has 13 N–H and O–H groups in total. The molecule has 29 nitrogen and oxygen atoms in total. The quantitative estimate of drug-likeness (QED) is 0.0503. The fourth-order valence-corrected chi connectivity index (χ4v) is 7.85. The van der Waals surface area contributed by atoms with Crippen LogP contribution in [0.15, 0.2) is 64.1 Å². The van der Waals surface area contributed by atoms with Crippen LogP contribution >= 0.6 is 15.2 Å². The van der Waals surface area contributed by atoms with E-state index in [-0.39, 0.29) is 36.6 Å². The number of pyridine rings is 1. The Hall–Kier alpha value is -5.81. The number of nitrogens with zero attached hydrogens (tertiary/aromatic N) is 10. The van der Waals surface area contributed by atoms with Gasteiger partial charge in [-0.05, 0) is 38.8 Å². The van der Waals surface area contributed by atoms with Crippen molar-refractivity contribution in [1.82, 2.24) is 53.2 Å². The van der Waals surface area contributed by atoms with Crippen LogP contribution in [0.2, 0.25) is 0 Å². The van der Waals surface area contributed by atoms with Crippen LogP contribution in [0.5, 0.6) is 0 Å². The number of hydrogen-bond donors (Lipinski definition) is 10. The zero-order chi connectivity index (χ0) is 51.5. The number of aryl methyl sites for hydroxylation is 1. The van der Waals surface area contributed by atoms with Gasteiger partial charge < -0.3 is 75.1 Å². The summed E-state index contributed by atoms with van der Waals surface area (Å²) in [5.41, 5.74) is 18.7. The van der Waals surface area contributed by atoms with E-state index >= 15 is 0 Å². The number of nitrogen functional groups attached to an aromatic ring is 3. The van der Waals surface area contributed by atoms with Gasteiger partial charge in [0.05, 0.1) is 62.0 Å². The van der Waals surface area contributed by atoms with Crippen LogP contribution in [-0.4, -0.2) is 133 Å². The first-order valence-corrected chi connectivity index (χ1v) is 25.2. The average Bonchev–Trinajstić information content (AvgIpc) is 4.09. The first-order chi connectivity index (χ1) is 33.0. The summed E-state index contributed by atoms with van der Waals surface area (Å²) in [5, 5.41) is 19.4. The molecular weight excluding hydrogens is 966 g/mol. The summed E-state index contributed by atoms with van der Waals surface area (Å²) < 4.78 is 48.5. The number of aromatic amines is 1. The van der Waals surface area contributed by atoms with Gasteiger partial charge in [-0.2, -0.15) is 4.98 Å². The van der Waals surface area contributed by atoms with Crippen LogP contribution in [-0.2, 0) is 41.2 Å². The molecule has 0 aliphatic carbocycles. The molecule has 6 aromatic heterocycles. The molecule has 0 aromatic carbocycles. The highest BCUT2D eigenvalue weighted by atomic mass is 31.2. The second-order valence-electron chi connectivity index (χ2n) is 16.0. The number of H-pyrrole nitrogens is 1. The van der Waals surface area contributed by atoms with E-state index in [1.54, 1.807) is 47.8 Å². The number of hydrogen-bond acceptors (Lipinski definition) is 20. The van der Waals surface area contributed by atoms with Gasteiger partial charge in [-0.1, -0.05) is 13.8 Å². The van der Waals surface area contributed by atoms with Gasteiger partial charge in [0.2, 0.25) is 0 Å². The van der Waals surface area contributed by atoms with Gasteiger partial charge in [-0.25, -0.2) is 34.5 Å². The Labute approximate surface area is 397 Å². The Bertz CT molecular complexity index is 2950. The van der Waals surface area contributed by atoms with Gasteiger partial charge in [0.1, 0.15) is 48.3 Å². The van der Waals surface area contributed by atoms with Crippen LogP contribution in [0.4, 0.5) is 17.3 Å². The van der Waals surface area contributed by atoms with Crippen molar-refractivity contribution in [2.45, 2.75) is 109 Å². The fraction of sp³-hybridized carbons (Fsp3) is 0.513. The lowest BCUT2D eigenvalue weighted by Crippen LogP contribution is -2.33. The van der Waals surface area contributed by atoms with E-state index in [0.29, 0.717) is 65.9 Å². The minimum atomic E-state index is -4.15. The zero-order valence-corrected chi connectivity index (χ0v) is 40.3. The van der Waals surface area contributed by atoms with Crippen LogP contribution in [0.3, 0.4) is 0 Å². The Morgan fingerprint density at radius 3 is 2.03 bits per heavy atom. The smallest absolute Gasteiger partial charge is 0.351 e. The third kappa shape index (κ3) is 15.3. The van der Waals surface area contributed by atoms with Crippen molar-refractivity contribution >= 4 is 54.8 Å².